The van der Waals surface area contributed by atoms with Crippen LogP contribution in [-0.4, -0.2) is 10.6 Å². The number of aryl methyl sites for hydroxylation is 1. The van der Waals surface area contributed by atoms with Crippen LogP contribution in [0.2, 0.25) is 0 Å². The van der Waals surface area contributed by atoms with Crippen LogP contribution >= 0.6 is 0 Å². The molecule has 74 valence electrons. The molecule has 0 spiro atoms. The van der Waals surface area contributed by atoms with Crippen LogP contribution in [0.5, 0.6) is 0 Å². The van der Waals surface area contributed by atoms with E-state index >= 15 is 0 Å². The summed E-state index contributed by atoms with van der Waals surface area (Å²) < 4.78 is 2.16. The van der Waals surface area contributed by atoms with Gasteiger partial charge in [0.25, 0.3) is 0 Å². The number of nitrogens with zero attached hydrogens (tertiary/aromatic N) is 1. The first kappa shape index (κ1) is 9.28. The highest BCUT2D eigenvalue weighted by molar-refractivity contribution is 5.83. The number of para-hydroxylation sites is 1. The van der Waals surface area contributed by atoms with Crippen LogP contribution in [-0.2, 0) is 13.5 Å². The Morgan fingerprint density at radius 3 is 2.79 bits per heavy atom. The first-order valence-electron chi connectivity index (χ1n) is 4.97. The molecule has 14 heavy (non-hydrogen) atoms. The summed E-state index contributed by atoms with van der Waals surface area (Å²) >= 11 is 0. The van der Waals surface area contributed by atoms with Crippen LogP contribution in [0.3, 0.4) is 0 Å². The molecular weight excluding hydrogens is 172 g/mol. The Morgan fingerprint density at radius 2 is 2.07 bits per heavy atom. The fourth-order valence-corrected chi connectivity index (χ4v) is 1.94. The smallest absolute Gasteiger partial charge is 0.0480 e. The third-order valence-electron chi connectivity index (χ3n) is 2.52. The van der Waals surface area contributed by atoms with E-state index in [9.17, 15) is 0 Å². The second kappa shape index (κ2) is 3.46. The summed E-state index contributed by atoms with van der Waals surface area (Å²) in [6.07, 6.45) is 3.12. The van der Waals surface area contributed by atoms with Crippen molar-refractivity contribution in [3.8, 4) is 0 Å². The quantitative estimate of drug-likeness (QED) is 0.768. The summed E-state index contributed by atoms with van der Waals surface area (Å²) in [5.74, 6) is 0. The number of aromatic nitrogens is 1. The molecule has 1 aromatic heterocycles. The molecule has 1 aromatic carbocycles. The molecule has 0 aliphatic heterocycles. The summed E-state index contributed by atoms with van der Waals surface area (Å²) in [5.41, 5.74) is 8.44. The van der Waals surface area contributed by atoms with E-state index in [2.05, 4.69) is 42.1 Å². The van der Waals surface area contributed by atoms with E-state index in [1.807, 2.05) is 6.92 Å². The van der Waals surface area contributed by atoms with Crippen molar-refractivity contribution in [3.63, 3.8) is 0 Å². The van der Waals surface area contributed by atoms with Crippen molar-refractivity contribution in [2.45, 2.75) is 19.4 Å². The molecule has 0 saturated carbocycles. The number of hydrogen-bond acceptors (Lipinski definition) is 1. The highest BCUT2D eigenvalue weighted by atomic mass is 14.9. The lowest BCUT2D eigenvalue weighted by Crippen LogP contribution is -2.17. The maximum Gasteiger partial charge on any atom is 0.0480 e. The van der Waals surface area contributed by atoms with Crippen LogP contribution in [0.1, 0.15) is 12.5 Å². The Labute approximate surface area is 84.3 Å². The lowest BCUT2D eigenvalue weighted by atomic mass is 10.1. The monoisotopic (exact) mass is 188 g/mol. The molecule has 2 heteroatoms. The second-order valence-electron chi connectivity index (χ2n) is 3.96. The van der Waals surface area contributed by atoms with E-state index in [0.29, 0.717) is 0 Å². The maximum absolute atomic E-state index is 5.82. The van der Waals surface area contributed by atoms with Gasteiger partial charge in [-0.25, -0.2) is 0 Å². The van der Waals surface area contributed by atoms with Gasteiger partial charge in [-0.05, 0) is 25.0 Å². The summed E-state index contributed by atoms with van der Waals surface area (Å²) in [6.45, 7) is 2.04. The first-order chi connectivity index (χ1) is 6.68. The normalized spacial score (nSPS) is 13.4. The molecule has 0 saturated heterocycles. The molecule has 0 amide bonds. The second-order valence-corrected chi connectivity index (χ2v) is 3.96. The fraction of sp³-hybridized carbons (Fsp3) is 0.333. The number of rotatable bonds is 2. The van der Waals surface area contributed by atoms with Gasteiger partial charge in [-0.15, -0.1) is 0 Å². The van der Waals surface area contributed by atoms with Crippen LogP contribution < -0.4 is 5.73 Å². The summed E-state index contributed by atoms with van der Waals surface area (Å²) in [4.78, 5) is 0. The number of hydrogen-bond donors (Lipinski definition) is 1. The van der Waals surface area contributed by atoms with Crippen molar-refractivity contribution in [2.75, 3.05) is 0 Å². The highest BCUT2D eigenvalue weighted by Gasteiger charge is 2.06. The summed E-state index contributed by atoms with van der Waals surface area (Å²) in [7, 11) is 2.08. The molecule has 0 fully saturated rings. The standard InChI is InChI=1S/C12H16N2/c1-9(13)7-10-8-14(2)12-6-4-3-5-11(10)12/h3-6,8-9H,7,13H2,1-2H3/t9-/m0/s1. The Morgan fingerprint density at radius 1 is 1.36 bits per heavy atom. The first-order valence-corrected chi connectivity index (χ1v) is 4.97. The van der Waals surface area contributed by atoms with E-state index in [1.54, 1.807) is 0 Å². The van der Waals surface area contributed by atoms with Gasteiger partial charge in [0.15, 0.2) is 0 Å². The van der Waals surface area contributed by atoms with Crippen LogP contribution in [0.15, 0.2) is 30.5 Å². The molecule has 2 N–H and O–H groups in total. The van der Waals surface area contributed by atoms with Crippen LogP contribution in [0.25, 0.3) is 10.9 Å². The Hall–Kier alpha value is -1.28. The number of nitrogens with two attached hydrogens (primary N) is 1. The summed E-state index contributed by atoms with van der Waals surface area (Å²) in [5, 5.41) is 1.33. The fourth-order valence-electron chi connectivity index (χ4n) is 1.94. The average Bonchev–Trinajstić information content (AvgIpc) is 2.44. The van der Waals surface area contributed by atoms with Gasteiger partial charge in [0, 0.05) is 30.2 Å². The Kier molecular flexibility index (Phi) is 2.30. The van der Waals surface area contributed by atoms with E-state index in [4.69, 9.17) is 5.73 Å². The minimum atomic E-state index is 0.223. The molecule has 1 atom stereocenters. The van der Waals surface area contributed by atoms with E-state index in [-0.39, 0.29) is 6.04 Å². The van der Waals surface area contributed by atoms with Crippen LogP contribution in [0.4, 0.5) is 0 Å². The molecule has 0 unspecified atom stereocenters. The van der Waals surface area contributed by atoms with Gasteiger partial charge in [0.2, 0.25) is 0 Å². The zero-order chi connectivity index (χ0) is 10.1. The molecule has 2 aromatic rings. The lowest BCUT2D eigenvalue weighted by Gasteiger charge is -2.02. The van der Waals surface area contributed by atoms with E-state index < -0.39 is 0 Å². The predicted octanol–water partition coefficient (Wildman–Crippen LogP) is 2.07. The number of fused-ring (bicyclic) bond motifs is 1. The molecule has 0 aliphatic carbocycles. The van der Waals surface area contributed by atoms with Crippen molar-refractivity contribution in [1.82, 2.24) is 4.57 Å². The van der Waals surface area contributed by atoms with Gasteiger partial charge in [-0.1, -0.05) is 18.2 Å². The topological polar surface area (TPSA) is 30.9 Å². The zero-order valence-corrected chi connectivity index (χ0v) is 8.70. The molecule has 0 radical (unpaired) electrons. The van der Waals surface area contributed by atoms with Gasteiger partial charge in [-0.3, -0.25) is 0 Å². The third-order valence-corrected chi connectivity index (χ3v) is 2.52. The summed E-state index contributed by atoms with van der Waals surface area (Å²) in [6, 6.07) is 8.67. The minimum absolute atomic E-state index is 0.223. The zero-order valence-electron chi connectivity index (χ0n) is 8.70. The van der Waals surface area contributed by atoms with Crippen molar-refractivity contribution < 1.29 is 0 Å². The van der Waals surface area contributed by atoms with E-state index in [0.717, 1.165) is 6.42 Å². The van der Waals surface area contributed by atoms with Crippen molar-refractivity contribution in [3.05, 3.63) is 36.0 Å². The highest BCUT2D eigenvalue weighted by Crippen LogP contribution is 2.20. The molecule has 2 nitrogen and oxygen atoms in total. The Balaban J connectivity index is 2.55. The third kappa shape index (κ3) is 1.53. The van der Waals surface area contributed by atoms with Gasteiger partial charge >= 0.3 is 0 Å². The van der Waals surface area contributed by atoms with Gasteiger partial charge < -0.3 is 10.3 Å². The van der Waals surface area contributed by atoms with E-state index in [1.165, 1.54) is 16.5 Å². The maximum atomic E-state index is 5.82. The molecule has 0 aliphatic rings. The molecule has 1 heterocycles. The average molecular weight is 188 g/mol. The van der Waals surface area contributed by atoms with Crippen molar-refractivity contribution in [2.24, 2.45) is 12.8 Å². The van der Waals surface area contributed by atoms with Crippen molar-refractivity contribution >= 4 is 10.9 Å². The lowest BCUT2D eigenvalue weighted by molar-refractivity contribution is 0.738. The Bertz CT molecular complexity index is 441. The molecule has 2 rings (SSSR count). The largest absolute Gasteiger partial charge is 0.350 e. The molecule has 0 bridgehead atoms. The van der Waals surface area contributed by atoms with Gasteiger partial charge in [-0.2, -0.15) is 0 Å². The van der Waals surface area contributed by atoms with Crippen molar-refractivity contribution in [1.29, 1.82) is 0 Å². The molecular formula is C12H16N2. The predicted molar refractivity (Wildman–Crippen MR) is 60.3 cm³/mol. The van der Waals surface area contributed by atoms with Gasteiger partial charge in [0.05, 0.1) is 0 Å². The minimum Gasteiger partial charge on any atom is -0.350 e. The SMILES string of the molecule is C[C@H](N)Cc1cn(C)c2ccccc12. The van der Waals surface area contributed by atoms with Crippen LogP contribution in [0, 0.1) is 0 Å². The van der Waals surface area contributed by atoms with Gasteiger partial charge in [0.1, 0.15) is 0 Å². The number of benzene rings is 1.